The summed E-state index contributed by atoms with van der Waals surface area (Å²) in [5.41, 5.74) is 4.12. The van der Waals surface area contributed by atoms with Crippen LogP contribution < -0.4 is 9.47 Å². The quantitative estimate of drug-likeness (QED) is 0.235. The van der Waals surface area contributed by atoms with Crippen LogP contribution in [0.25, 0.3) is 0 Å². The lowest BCUT2D eigenvalue weighted by atomic mass is 10.2. The van der Waals surface area contributed by atoms with Crippen molar-refractivity contribution in [2.45, 2.75) is 40.3 Å². The van der Waals surface area contributed by atoms with Crippen LogP contribution in [0.5, 0.6) is 0 Å². The molecule has 0 saturated heterocycles. The van der Waals surface area contributed by atoms with Gasteiger partial charge in [0.1, 0.15) is 11.4 Å². The topological polar surface area (TPSA) is 89.0 Å². The second-order valence-electron chi connectivity index (χ2n) is 7.51. The van der Waals surface area contributed by atoms with E-state index in [1.807, 2.05) is 60.9 Å². The molecule has 0 N–H and O–H groups in total. The number of hydrogen-bond acceptors (Lipinski definition) is 7. The molecule has 0 fully saturated rings. The molecule has 0 spiro atoms. The van der Waals surface area contributed by atoms with Crippen LogP contribution in [0.4, 0.5) is 16.5 Å². The van der Waals surface area contributed by atoms with Gasteiger partial charge in [0.05, 0.1) is 26.7 Å². The minimum Gasteiger partial charge on any atom is -0.748 e. The molecule has 2 aromatic carbocycles. The van der Waals surface area contributed by atoms with Gasteiger partial charge < -0.3 is 9.45 Å². The van der Waals surface area contributed by atoms with Gasteiger partial charge in [0.15, 0.2) is 0 Å². The predicted octanol–water partition coefficient (Wildman–Crippen LogP) is 5.03. The highest BCUT2D eigenvalue weighted by Gasteiger charge is 2.20. The molecule has 0 radical (unpaired) electrons. The Kier molecular flexibility index (Phi) is 8.11. The largest absolute Gasteiger partial charge is 0.748 e. The van der Waals surface area contributed by atoms with Crippen LogP contribution in [0.2, 0.25) is 0 Å². The minimum atomic E-state index is -4.22. The average molecular weight is 473 g/mol. The number of anilines is 1. The SMILES string of the molecule is CCN(Cc1ccccc1)c1ccc(/N=N/c2sc(C)c(C)[n+]2CCCS(=O)(=O)[O-])cc1. The summed E-state index contributed by atoms with van der Waals surface area (Å²) >= 11 is 1.50. The summed E-state index contributed by atoms with van der Waals surface area (Å²) in [4.78, 5) is 3.37. The monoisotopic (exact) mass is 472 g/mol. The van der Waals surface area contributed by atoms with Crippen LogP contribution in [-0.2, 0) is 23.2 Å². The molecule has 1 aromatic heterocycles. The third-order valence-electron chi connectivity index (χ3n) is 5.23. The van der Waals surface area contributed by atoms with Gasteiger partial charge in [-0.3, -0.25) is 0 Å². The summed E-state index contributed by atoms with van der Waals surface area (Å²) in [5, 5.41) is 9.46. The molecule has 0 aliphatic carbocycles. The van der Waals surface area contributed by atoms with Gasteiger partial charge in [-0.25, -0.2) is 13.0 Å². The van der Waals surface area contributed by atoms with Crippen molar-refractivity contribution in [1.82, 2.24) is 0 Å². The van der Waals surface area contributed by atoms with Crippen molar-refractivity contribution in [3.05, 3.63) is 70.7 Å². The zero-order valence-electron chi connectivity index (χ0n) is 18.6. The van der Waals surface area contributed by atoms with Gasteiger partial charge in [-0.1, -0.05) is 30.3 Å². The molecule has 7 nitrogen and oxygen atoms in total. The van der Waals surface area contributed by atoms with Gasteiger partial charge in [0.25, 0.3) is 0 Å². The number of aromatic nitrogens is 1. The molecule has 0 unspecified atom stereocenters. The van der Waals surface area contributed by atoms with Crippen molar-refractivity contribution in [1.29, 1.82) is 0 Å². The van der Waals surface area contributed by atoms with Crippen LogP contribution >= 0.6 is 11.3 Å². The molecule has 0 atom stereocenters. The van der Waals surface area contributed by atoms with E-state index in [2.05, 4.69) is 34.2 Å². The van der Waals surface area contributed by atoms with E-state index in [1.54, 1.807) is 0 Å². The number of hydrogen-bond donors (Lipinski definition) is 0. The van der Waals surface area contributed by atoms with Gasteiger partial charge in [-0.15, -0.1) is 0 Å². The van der Waals surface area contributed by atoms with E-state index in [9.17, 15) is 13.0 Å². The van der Waals surface area contributed by atoms with E-state index in [4.69, 9.17) is 0 Å². The van der Waals surface area contributed by atoms with E-state index >= 15 is 0 Å². The molecule has 0 aliphatic heterocycles. The Morgan fingerprint density at radius 1 is 1.03 bits per heavy atom. The molecule has 0 aliphatic rings. The predicted molar refractivity (Wildman–Crippen MR) is 127 cm³/mol. The molecule has 9 heteroatoms. The molecular formula is C23H28N4O3S2. The van der Waals surface area contributed by atoms with Gasteiger partial charge >= 0.3 is 5.13 Å². The van der Waals surface area contributed by atoms with Gasteiger partial charge in [0.2, 0.25) is 0 Å². The number of nitrogens with zero attached hydrogens (tertiary/aromatic N) is 4. The highest BCUT2D eigenvalue weighted by molar-refractivity contribution is 7.85. The number of aryl methyl sites for hydroxylation is 1. The van der Waals surface area contributed by atoms with Crippen LogP contribution in [0, 0.1) is 13.8 Å². The molecule has 0 amide bonds. The lowest BCUT2D eigenvalue weighted by Gasteiger charge is -2.23. The van der Waals surface area contributed by atoms with Crippen LogP contribution in [0.3, 0.4) is 0 Å². The van der Waals surface area contributed by atoms with Crippen molar-refractivity contribution < 1.29 is 17.5 Å². The van der Waals surface area contributed by atoms with Crippen LogP contribution in [0.15, 0.2) is 64.8 Å². The van der Waals surface area contributed by atoms with E-state index < -0.39 is 10.1 Å². The maximum Gasteiger partial charge on any atom is 0.408 e. The van der Waals surface area contributed by atoms with E-state index in [0.717, 1.165) is 35.0 Å². The Morgan fingerprint density at radius 3 is 2.34 bits per heavy atom. The Morgan fingerprint density at radius 2 is 1.72 bits per heavy atom. The number of thiazole rings is 1. The summed E-state index contributed by atoms with van der Waals surface area (Å²) in [7, 11) is -4.22. The Bertz CT molecular complexity index is 1160. The van der Waals surface area contributed by atoms with Gasteiger partial charge in [0, 0.05) is 24.5 Å². The Hall–Kier alpha value is -2.62. The maximum absolute atomic E-state index is 10.9. The first-order valence-electron chi connectivity index (χ1n) is 10.5. The average Bonchev–Trinajstić information content (AvgIpc) is 3.04. The zero-order valence-corrected chi connectivity index (χ0v) is 20.2. The molecule has 0 saturated carbocycles. The number of azo groups is 1. The van der Waals surface area contributed by atoms with Gasteiger partial charge in [-0.2, -0.15) is 0 Å². The van der Waals surface area contributed by atoms with E-state index in [0.29, 0.717) is 11.7 Å². The van der Waals surface area contributed by atoms with Crippen LogP contribution in [0.1, 0.15) is 29.5 Å². The van der Waals surface area contributed by atoms with Crippen molar-refractivity contribution in [3.8, 4) is 0 Å². The fourth-order valence-corrected chi connectivity index (χ4v) is 4.79. The summed E-state index contributed by atoms with van der Waals surface area (Å²) in [5.74, 6) is -0.386. The van der Waals surface area contributed by atoms with Crippen molar-refractivity contribution in [3.63, 3.8) is 0 Å². The smallest absolute Gasteiger partial charge is 0.408 e. The molecule has 3 aromatic rings. The van der Waals surface area contributed by atoms with E-state index in [-0.39, 0.29) is 12.2 Å². The van der Waals surface area contributed by atoms with Crippen LogP contribution in [-0.4, -0.2) is 25.3 Å². The zero-order chi connectivity index (χ0) is 23.1. The molecule has 170 valence electrons. The molecule has 32 heavy (non-hydrogen) atoms. The fourth-order valence-electron chi connectivity index (χ4n) is 3.36. The first kappa shape index (κ1) is 24.0. The van der Waals surface area contributed by atoms with Crippen molar-refractivity contribution in [2.24, 2.45) is 10.2 Å². The lowest BCUT2D eigenvalue weighted by molar-refractivity contribution is -0.686. The summed E-state index contributed by atoms with van der Waals surface area (Å²) < 4.78 is 34.6. The number of rotatable bonds is 10. The normalized spacial score (nSPS) is 11.9. The lowest BCUT2D eigenvalue weighted by Crippen LogP contribution is -2.36. The summed E-state index contributed by atoms with van der Waals surface area (Å²) in [6, 6.07) is 18.3. The Balaban J connectivity index is 1.71. The first-order valence-corrected chi connectivity index (χ1v) is 12.9. The highest BCUT2D eigenvalue weighted by atomic mass is 32.2. The summed E-state index contributed by atoms with van der Waals surface area (Å²) in [6.07, 6.45) is 0.249. The highest BCUT2D eigenvalue weighted by Crippen LogP contribution is 2.26. The first-order chi connectivity index (χ1) is 15.3. The second-order valence-corrected chi connectivity index (χ2v) is 10.2. The molecular weight excluding hydrogens is 444 g/mol. The second kappa shape index (κ2) is 10.8. The summed E-state index contributed by atoms with van der Waals surface area (Å²) in [6.45, 7) is 8.22. The van der Waals surface area contributed by atoms with Crippen molar-refractivity contribution in [2.75, 3.05) is 17.2 Å². The van der Waals surface area contributed by atoms with E-state index in [1.165, 1.54) is 16.9 Å². The Labute approximate surface area is 193 Å². The minimum absolute atomic E-state index is 0.249. The molecule has 1 heterocycles. The number of benzene rings is 2. The standard InChI is InChI=1S/C23H28N4O3S2/c1-4-26(17-20-9-6-5-7-10-20)22-13-11-21(12-14-22)24-25-23-27(18(2)19(3)31-23)15-8-16-32(28,29)30/h5-7,9-14H,4,8,15-17H2,1-3H3. The third kappa shape index (κ3) is 6.69. The molecule has 0 bridgehead atoms. The fraction of sp³-hybridized carbons (Fsp3) is 0.348. The molecule has 3 rings (SSSR count). The maximum atomic E-state index is 10.9. The van der Waals surface area contributed by atoms with Gasteiger partial charge in [-0.05, 0) is 73.5 Å². The third-order valence-corrected chi connectivity index (χ3v) is 7.10. The van der Waals surface area contributed by atoms with Crippen molar-refractivity contribution >= 4 is 38.0 Å².